The van der Waals surface area contributed by atoms with Gasteiger partial charge in [-0.25, -0.2) is 13.4 Å². The number of hydrogen-bond donors (Lipinski definition) is 2. The highest BCUT2D eigenvalue weighted by Crippen LogP contribution is 2.38. The third-order valence-electron chi connectivity index (χ3n) is 5.96. The maximum atomic E-state index is 13.1. The molecule has 0 aliphatic carbocycles. The Labute approximate surface area is 203 Å². The van der Waals surface area contributed by atoms with Crippen molar-refractivity contribution in [2.24, 2.45) is 0 Å². The molecule has 1 saturated heterocycles. The highest BCUT2D eigenvalue weighted by atomic mass is 32.2. The predicted molar refractivity (Wildman–Crippen MR) is 132 cm³/mol. The monoisotopic (exact) mass is 504 g/mol. The molecule has 9 nitrogen and oxygen atoms in total. The lowest BCUT2D eigenvalue weighted by atomic mass is 10.0. The molecule has 34 heavy (non-hydrogen) atoms. The molecule has 11 heteroatoms. The lowest BCUT2D eigenvalue weighted by Crippen LogP contribution is -2.43. The number of hydrogen-bond acceptors (Lipinski definition) is 8. The molecule has 1 atom stereocenters. The van der Waals surface area contributed by atoms with Crippen LogP contribution < -0.4 is 20.3 Å². The normalized spacial score (nSPS) is 16.9. The zero-order chi connectivity index (χ0) is 24.3. The van der Waals surface area contributed by atoms with E-state index in [9.17, 15) is 13.2 Å². The van der Waals surface area contributed by atoms with Crippen LogP contribution in [0.25, 0.3) is 10.2 Å². The van der Waals surface area contributed by atoms with Gasteiger partial charge in [-0.15, -0.1) is 0 Å². The minimum atomic E-state index is -3.60. The van der Waals surface area contributed by atoms with Crippen LogP contribution in [0.1, 0.15) is 43.0 Å². The number of benzene rings is 2. The number of ether oxygens (including phenoxy) is 2. The lowest BCUT2D eigenvalue weighted by Gasteiger charge is -2.34. The summed E-state index contributed by atoms with van der Waals surface area (Å²) in [5, 5.41) is 0.459. The van der Waals surface area contributed by atoms with Crippen molar-refractivity contribution in [3.8, 4) is 11.5 Å². The number of piperidine rings is 1. The number of rotatable bonds is 8. The number of thiazole rings is 1. The molecule has 1 amide bonds. The van der Waals surface area contributed by atoms with Gasteiger partial charge in [0.2, 0.25) is 15.2 Å². The van der Waals surface area contributed by atoms with Gasteiger partial charge in [-0.3, -0.25) is 15.6 Å². The quantitative estimate of drug-likeness (QED) is 0.446. The molecule has 1 fully saturated rings. The average molecular weight is 505 g/mol. The number of fused-ring (bicyclic) bond motifs is 1. The van der Waals surface area contributed by atoms with Crippen molar-refractivity contribution in [3.05, 3.63) is 42.0 Å². The van der Waals surface area contributed by atoms with Crippen molar-refractivity contribution in [2.75, 3.05) is 26.2 Å². The lowest BCUT2D eigenvalue weighted by molar-refractivity contribution is 0.0962. The number of amides is 1. The Morgan fingerprint density at radius 1 is 1.12 bits per heavy atom. The van der Waals surface area contributed by atoms with Crippen LogP contribution in [-0.4, -0.2) is 50.4 Å². The van der Waals surface area contributed by atoms with E-state index in [4.69, 9.17) is 9.47 Å². The zero-order valence-corrected chi connectivity index (χ0v) is 21.0. The third-order valence-corrected chi connectivity index (χ3v) is 8.91. The summed E-state index contributed by atoms with van der Waals surface area (Å²) >= 11 is 1.31. The molecule has 0 unspecified atom stereocenters. The van der Waals surface area contributed by atoms with E-state index in [1.807, 2.05) is 6.92 Å². The number of nitrogens with one attached hydrogen (secondary N) is 2. The van der Waals surface area contributed by atoms with Gasteiger partial charge in [0.25, 0.3) is 5.91 Å². The van der Waals surface area contributed by atoms with Crippen LogP contribution in [0.4, 0.5) is 5.13 Å². The molecule has 4 rings (SSSR count). The Morgan fingerprint density at radius 3 is 2.50 bits per heavy atom. The number of methoxy groups -OCH3 is 2. The summed E-state index contributed by atoms with van der Waals surface area (Å²) in [6, 6.07) is 9.59. The van der Waals surface area contributed by atoms with Gasteiger partial charge in [-0.2, -0.15) is 4.31 Å². The summed E-state index contributed by atoms with van der Waals surface area (Å²) in [5.41, 5.74) is 6.38. The Bertz CT molecular complexity index is 1230. The molecule has 2 N–H and O–H groups in total. The van der Waals surface area contributed by atoms with Crippen molar-refractivity contribution in [1.82, 2.24) is 14.7 Å². The molecule has 1 aliphatic rings. The van der Waals surface area contributed by atoms with Crippen molar-refractivity contribution in [1.29, 1.82) is 0 Å². The first kappa shape index (κ1) is 24.2. The molecule has 1 aliphatic heterocycles. The topological polar surface area (TPSA) is 110 Å². The highest BCUT2D eigenvalue weighted by Gasteiger charge is 2.32. The smallest absolute Gasteiger partial charge is 0.269 e. The number of hydrazine groups is 1. The molecule has 3 aromatic rings. The van der Waals surface area contributed by atoms with Crippen molar-refractivity contribution >= 4 is 42.6 Å². The summed E-state index contributed by atoms with van der Waals surface area (Å²) < 4.78 is 39.4. The first-order chi connectivity index (χ1) is 16.4. The summed E-state index contributed by atoms with van der Waals surface area (Å²) in [7, 11) is -0.456. The number of carbonyl (C=O) groups excluding carboxylic acids is 1. The minimum Gasteiger partial charge on any atom is -0.495 e. The van der Waals surface area contributed by atoms with E-state index >= 15 is 0 Å². The standard InChI is InChI=1S/C23H28N4O5S2/c1-4-16-7-5-6-14-27(16)34(29,30)17-10-8-15(9-11-17)22(28)25-26-23-24-20-18(31-2)12-13-19(32-3)21(20)33-23/h8-13,16H,4-7,14H2,1-3H3,(H,24,26)(H,25,28)/t16-/m0/s1. The first-order valence-electron chi connectivity index (χ1n) is 11.1. The van der Waals surface area contributed by atoms with Gasteiger partial charge in [0.15, 0.2) is 0 Å². The van der Waals surface area contributed by atoms with E-state index in [0.29, 0.717) is 34.3 Å². The fourth-order valence-corrected chi connectivity index (χ4v) is 6.83. The average Bonchev–Trinajstić information content (AvgIpc) is 3.31. The molecule has 182 valence electrons. The largest absolute Gasteiger partial charge is 0.495 e. The third kappa shape index (κ3) is 4.68. The second-order valence-electron chi connectivity index (χ2n) is 7.94. The number of anilines is 1. The summed E-state index contributed by atoms with van der Waals surface area (Å²) in [6.45, 7) is 2.54. The predicted octanol–water partition coefficient (Wildman–Crippen LogP) is 4.02. The van der Waals surface area contributed by atoms with E-state index in [0.717, 1.165) is 30.4 Å². The van der Waals surface area contributed by atoms with Crippen LogP contribution in [0.3, 0.4) is 0 Å². The van der Waals surface area contributed by atoms with Crippen LogP contribution in [-0.2, 0) is 10.0 Å². The molecule has 2 aromatic carbocycles. The van der Waals surface area contributed by atoms with Gasteiger partial charge in [0.1, 0.15) is 21.7 Å². The van der Waals surface area contributed by atoms with Crippen molar-refractivity contribution in [3.63, 3.8) is 0 Å². The van der Waals surface area contributed by atoms with E-state index in [-0.39, 0.29) is 10.9 Å². The highest BCUT2D eigenvalue weighted by molar-refractivity contribution is 7.89. The van der Waals surface area contributed by atoms with Gasteiger partial charge < -0.3 is 9.47 Å². The maximum Gasteiger partial charge on any atom is 0.269 e. The Kier molecular flexibility index (Phi) is 7.24. The van der Waals surface area contributed by atoms with Crippen LogP contribution in [0.15, 0.2) is 41.3 Å². The first-order valence-corrected chi connectivity index (χ1v) is 13.3. The summed E-state index contributed by atoms with van der Waals surface area (Å²) in [4.78, 5) is 17.3. The number of carbonyl (C=O) groups is 1. The van der Waals surface area contributed by atoms with Crippen molar-refractivity contribution in [2.45, 2.75) is 43.5 Å². The van der Waals surface area contributed by atoms with E-state index < -0.39 is 15.9 Å². The number of nitrogens with zero attached hydrogens (tertiary/aromatic N) is 2. The Hall–Kier alpha value is -2.89. The van der Waals surface area contributed by atoms with Gasteiger partial charge in [-0.1, -0.05) is 24.7 Å². The van der Waals surface area contributed by atoms with E-state index in [2.05, 4.69) is 15.8 Å². The second kappa shape index (κ2) is 10.2. The van der Waals surface area contributed by atoms with Crippen LogP contribution in [0, 0.1) is 0 Å². The molecular formula is C23H28N4O5S2. The van der Waals surface area contributed by atoms with Crippen LogP contribution >= 0.6 is 11.3 Å². The molecule has 0 spiro atoms. The number of aromatic nitrogens is 1. The Balaban J connectivity index is 1.46. The fourth-order valence-electron chi connectivity index (χ4n) is 4.13. The molecule has 2 heterocycles. The molecule has 0 saturated carbocycles. The number of sulfonamides is 1. The van der Waals surface area contributed by atoms with Gasteiger partial charge in [0.05, 0.1) is 19.1 Å². The molecule has 1 aromatic heterocycles. The van der Waals surface area contributed by atoms with Gasteiger partial charge in [0, 0.05) is 18.2 Å². The van der Waals surface area contributed by atoms with Crippen LogP contribution in [0.2, 0.25) is 0 Å². The fraction of sp³-hybridized carbons (Fsp3) is 0.391. The van der Waals surface area contributed by atoms with Crippen LogP contribution in [0.5, 0.6) is 11.5 Å². The SMILES string of the molecule is CC[C@H]1CCCCN1S(=O)(=O)c1ccc(C(=O)NNc2nc3c(OC)ccc(OC)c3s2)cc1. The van der Waals surface area contributed by atoms with Crippen molar-refractivity contribution < 1.29 is 22.7 Å². The molecule has 0 bridgehead atoms. The minimum absolute atomic E-state index is 0.0250. The van der Waals surface area contributed by atoms with Gasteiger partial charge >= 0.3 is 0 Å². The zero-order valence-electron chi connectivity index (χ0n) is 19.3. The van der Waals surface area contributed by atoms with Gasteiger partial charge in [-0.05, 0) is 55.7 Å². The second-order valence-corrected chi connectivity index (χ2v) is 10.8. The molecule has 0 radical (unpaired) electrons. The van der Waals surface area contributed by atoms with E-state index in [1.54, 1.807) is 30.7 Å². The summed E-state index contributed by atoms with van der Waals surface area (Å²) in [5.74, 6) is 0.845. The maximum absolute atomic E-state index is 13.1. The molecular weight excluding hydrogens is 476 g/mol. The summed E-state index contributed by atoms with van der Waals surface area (Å²) in [6.07, 6.45) is 3.58. The Morgan fingerprint density at radius 2 is 1.82 bits per heavy atom. The van der Waals surface area contributed by atoms with E-state index in [1.165, 1.54) is 35.6 Å².